The highest BCUT2D eigenvalue weighted by Gasteiger charge is 2.59. The number of fused-ring (bicyclic) bond motifs is 3. The van der Waals surface area contributed by atoms with Crippen molar-refractivity contribution < 1.29 is 24.2 Å². The van der Waals surface area contributed by atoms with Crippen LogP contribution in [0.3, 0.4) is 0 Å². The lowest BCUT2D eigenvalue weighted by Crippen LogP contribution is -2.55. The summed E-state index contributed by atoms with van der Waals surface area (Å²) in [5, 5.41) is 11.5. The normalized spacial score (nSPS) is 32.1. The van der Waals surface area contributed by atoms with Crippen LogP contribution in [0.25, 0.3) is 5.76 Å². The van der Waals surface area contributed by atoms with Gasteiger partial charge in [0.05, 0.1) is 11.0 Å². The van der Waals surface area contributed by atoms with Gasteiger partial charge in [0.1, 0.15) is 22.7 Å². The number of ketones is 2. The average molecular weight is 479 g/mol. The molecule has 1 aliphatic heterocycles. The van der Waals surface area contributed by atoms with Crippen LogP contribution < -0.4 is 0 Å². The summed E-state index contributed by atoms with van der Waals surface area (Å²) in [6.45, 7) is 11.8. The fourth-order valence-corrected chi connectivity index (χ4v) is 6.01. The zero-order chi connectivity index (χ0) is 25.8. The summed E-state index contributed by atoms with van der Waals surface area (Å²) in [7, 11) is 1.71. The maximum absolute atomic E-state index is 14.2. The minimum absolute atomic E-state index is 0.0828. The molecule has 188 valence electrons. The van der Waals surface area contributed by atoms with E-state index in [1.807, 2.05) is 45.0 Å². The summed E-state index contributed by atoms with van der Waals surface area (Å²) in [6.07, 6.45) is 4.53. The smallest absolute Gasteiger partial charge is 0.184 e. The number of benzene rings is 1. The van der Waals surface area contributed by atoms with Gasteiger partial charge in [-0.25, -0.2) is 0 Å². The maximum atomic E-state index is 14.2. The van der Waals surface area contributed by atoms with Gasteiger partial charge in [0.25, 0.3) is 0 Å². The van der Waals surface area contributed by atoms with Gasteiger partial charge < -0.3 is 14.6 Å². The van der Waals surface area contributed by atoms with Gasteiger partial charge in [-0.3, -0.25) is 9.59 Å². The third-order valence-corrected chi connectivity index (χ3v) is 8.41. The highest BCUT2D eigenvalue weighted by molar-refractivity contribution is 6.26. The molecule has 1 heterocycles. The molecule has 1 fully saturated rings. The van der Waals surface area contributed by atoms with Crippen molar-refractivity contribution in [1.29, 1.82) is 0 Å². The fraction of sp³-hybridized carbons (Fsp3) is 0.533. The van der Waals surface area contributed by atoms with Gasteiger partial charge in [-0.05, 0) is 73.1 Å². The summed E-state index contributed by atoms with van der Waals surface area (Å²) in [5.41, 5.74) is -0.0515. The Morgan fingerprint density at radius 2 is 1.83 bits per heavy atom. The Balaban J connectivity index is 2.01. The topological polar surface area (TPSA) is 72.8 Å². The summed E-state index contributed by atoms with van der Waals surface area (Å²) in [4.78, 5) is 28.3. The van der Waals surface area contributed by atoms with E-state index in [-0.39, 0.29) is 46.9 Å². The van der Waals surface area contributed by atoms with Gasteiger partial charge in [-0.2, -0.15) is 0 Å². The van der Waals surface area contributed by atoms with E-state index in [0.717, 1.165) is 18.4 Å². The first-order chi connectivity index (χ1) is 16.3. The molecule has 1 saturated carbocycles. The number of carbonyl (C=O) groups is 2. The summed E-state index contributed by atoms with van der Waals surface area (Å²) >= 11 is 0. The first-order valence-corrected chi connectivity index (χ1v) is 12.5. The van der Waals surface area contributed by atoms with Crippen molar-refractivity contribution in [2.24, 2.45) is 17.3 Å². The van der Waals surface area contributed by atoms with Crippen molar-refractivity contribution >= 4 is 17.3 Å². The number of hydrogen-bond donors (Lipinski definition) is 1. The molecule has 4 atom stereocenters. The molecule has 35 heavy (non-hydrogen) atoms. The van der Waals surface area contributed by atoms with Gasteiger partial charge in [0.2, 0.25) is 0 Å². The van der Waals surface area contributed by atoms with Crippen molar-refractivity contribution in [2.45, 2.75) is 78.4 Å². The monoisotopic (exact) mass is 478 g/mol. The molecule has 0 unspecified atom stereocenters. The van der Waals surface area contributed by atoms with Crippen LogP contribution in [0, 0.1) is 17.3 Å². The number of carbonyl (C=O) groups excluding carboxylic acids is 2. The largest absolute Gasteiger partial charge is 0.506 e. The van der Waals surface area contributed by atoms with Gasteiger partial charge in [-0.15, -0.1) is 0 Å². The van der Waals surface area contributed by atoms with Crippen molar-refractivity contribution in [3.05, 3.63) is 64.4 Å². The molecule has 1 aromatic carbocycles. The average Bonchev–Trinajstić information content (AvgIpc) is 2.81. The van der Waals surface area contributed by atoms with E-state index in [4.69, 9.17) is 9.47 Å². The number of Topliss-reactive ketones (excluding diaryl/α,β-unsaturated/α-hetero) is 2. The number of hydrogen-bond acceptors (Lipinski definition) is 5. The predicted octanol–water partition coefficient (Wildman–Crippen LogP) is 6.35. The van der Waals surface area contributed by atoms with Crippen LogP contribution in [0.5, 0.6) is 0 Å². The third-order valence-electron chi connectivity index (χ3n) is 8.41. The van der Waals surface area contributed by atoms with Crippen LogP contribution in [-0.2, 0) is 19.1 Å². The van der Waals surface area contributed by atoms with Gasteiger partial charge >= 0.3 is 0 Å². The standard InChI is InChI=1S/C30H38O5/c1-18(2)13-16-30(6)26(32)22-20-17-29(5,15-14-21(20)28(3,4)34-7)35-25(22)23(27(30)33)24(31)19-11-9-8-10-12-19/h8-13,20-21,31H,14-17H2,1-7H3/b24-23-/t20-,21+,29-,30-/m1/s1. The Morgan fingerprint density at radius 1 is 1.17 bits per heavy atom. The summed E-state index contributed by atoms with van der Waals surface area (Å²) in [5.74, 6) is -0.481. The van der Waals surface area contributed by atoms with E-state index >= 15 is 0 Å². The lowest BCUT2D eigenvalue weighted by molar-refractivity contribution is -0.145. The van der Waals surface area contributed by atoms with E-state index in [1.54, 1.807) is 26.2 Å². The molecule has 2 bridgehead atoms. The molecule has 5 nitrogen and oxygen atoms in total. The molecule has 2 aliphatic carbocycles. The molecule has 0 spiro atoms. The molecule has 1 aromatic rings. The number of rotatable bonds is 5. The minimum Gasteiger partial charge on any atom is -0.506 e. The van der Waals surface area contributed by atoms with Crippen LogP contribution >= 0.6 is 0 Å². The summed E-state index contributed by atoms with van der Waals surface area (Å²) in [6, 6.07) is 9.02. The number of aliphatic hydroxyl groups excluding tert-OH is 1. The Kier molecular flexibility index (Phi) is 6.38. The highest BCUT2D eigenvalue weighted by Crippen LogP contribution is 2.57. The second-order valence-electron chi connectivity index (χ2n) is 11.6. The molecule has 4 rings (SSSR count). The van der Waals surface area contributed by atoms with E-state index in [0.29, 0.717) is 17.6 Å². The Morgan fingerprint density at radius 3 is 2.43 bits per heavy atom. The van der Waals surface area contributed by atoms with Crippen LogP contribution in [0.4, 0.5) is 0 Å². The van der Waals surface area contributed by atoms with Crippen molar-refractivity contribution in [3.8, 4) is 0 Å². The zero-order valence-corrected chi connectivity index (χ0v) is 22.0. The first-order valence-electron chi connectivity index (χ1n) is 12.5. The van der Waals surface area contributed by atoms with Gasteiger partial charge in [0, 0.05) is 24.2 Å². The number of allylic oxidation sites excluding steroid dienone is 4. The number of aliphatic hydroxyl groups is 1. The van der Waals surface area contributed by atoms with Gasteiger partial charge in [-0.1, -0.05) is 42.0 Å². The molecule has 0 radical (unpaired) electrons. The fourth-order valence-electron chi connectivity index (χ4n) is 6.01. The van der Waals surface area contributed by atoms with Crippen molar-refractivity contribution in [3.63, 3.8) is 0 Å². The second-order valence-corrected chi connectivity index (χ2v) is 11.6. The van der Waals surface area contributed by atoms with E-state index < -0.39 is 16.6 Å². The number of methoxy groups -OCH3 is 1. The van der Waals surface area contributed by atoms with Crippen LogP contribution in [0.15, 0.2) is 58.9 Å². The lowest BCUT2D eigenvalue weighted by atomic mass is 9.57. The molecule has 5 heteroatoms. The molecule has 0 amide bonds. The SMILES string of the molecule is COC(C)(C)[C@H]1CC[C@]2(C)C[C@H]1C1=C(O2)/C(=C(/O)c2ccccc2)C(=O)[C@](C)(CC=C(C)C)C1=O. The third kappa shape index (κ3) is 4.18. The minimum atomic E-state index is -1.31. The van der Waals surface area contributed by atoms with Crippen LogP contribution in [0.1, 0.15) is 72.8 Å². The molecule has 1 N–H and O–H groups in total. The Labute approximate surface area is 208 Å². The van der Waals surface area contributed by atoms with Crippen LogP contribution in [0.2, 0.25) is 0 Å². The van der Waals surface area contributed by atoms with E-state index in [9.17, 15) is 14.7 Å². The van der Waals surface area contributed by atoms with E-state index in [1.165, 1.54) is 0 Å². The van der Waals surface area contributed by atoms with E-state index in [2.05, 4.69) is 13.8 Å². The Hall–Kier alpha value is -2.66. The zero-order valence-electron chi connectivity index (χ0n) is 22.0. The molecule has 3 aliphatic rings. The highest BCUT2D eigenvalue weighted by atomic mass is 16.5. The lowest BCUT2D eigenvalue weighted by Gasteiger charge is -2.54. The second kappa shape index (κ2) is 8.77. The van der Waals surface area contributed by atoms with Gasteiger partial charge in [0.15, 0.2) is 11.6 Å². The molecule has 0 saturated heterocycles. The Bertz CT molecular complexity index is 1130. The predicted molar refractivity (Wildman–Crippen MR) is 137 cm³/mol. The number of ether oxygens (including phenoxy) is 2. The quantitative estimate of drug-likeness (QED) is 0.231. The summed E-state index contributed by atoms with van der Waals surface area (Å²) < 4.78 is 12.4. The molecular weight excluding hydrogens is 440 g/mol. The maximum Gasteiger partial charge on any atom is 0.184 e. The molecule has 0 aromatic heterocycles. The first kappa shape index (κ1) is 25.4. The van der Waals surface area contributed by atoms with Crippen molar-refractivity contribution in [1.82, 2.24) is 0 Å². The van der Waals surface area contributed by atoms with Crippen LogP contribution in [-0.4, -0.2) is 35.0 Å². The van der Waals surface area contributed by atoms with Crippen molar-refractivity contribution in [2.75, 3.05) is 7.11 Å². The molecular formula is C30H38O5.